The monoisotopic (exact) mass is 300 g/mol. The number of rotatable bonds is 5. The largest absolute Gasteiger partial charge is 0.507 e. The number of carbonyl (C=O) groups excluding carboxylic acids is 1. The van der Waals surface area contributed by atoms with E-state index >= 15 is 0 Å². The maximum absolute atomic E-state index is 11.8. The van der Waals surface area contributed by atoms with E-state index in [1.54, 1.807) is 24.3 Å². The van der Waals surface area contributed by atoms with E-state index in [4.69, 9.17) is 4.74 Å². The third-order valence-electron chi connectivity index (χ3n) is 2.81. The summed E-state index contributed by atoms with van der Waals surface area (Å²) < 4.78 is 5.26. The van der Waals surface area contributed by atoms with Gasteiger partial charge in [-0.1, -0.05) is 12.1 Å². The Bertz CT molecular complexity index is 698. The summed E-state index contributed by atoms with van der Waals surface area (Å²) in [4.78, 5) is 11.8. The summed E-state index contributed by atoms with van der Waals surface area (Å²) in [7, 11) is 0. The lowest BCUT2D eigenvalue weighted by atomic mass is 10.2. The van der Waals surface area contributed by atoms with Gasteiger partial charge in [0.15, 0.2) is 11.5 Å². The Balaban J connectivity index is 2.05. The fraction of sp³-hybridized carbons (Fsp3) is 0.125. The Morgan fingerprint density at radius 2 is 2.00 bits per heavy atom. The number of phenolic OH excluding ortho intramolecular Hbond substituents is 2. The smallest absolute Gasteiger partial charge is 0.275 e. The molecule has 0 aliphatic carbocycles. The van der Waals surface area contributed by atoms with Gasteiger partial charge in [-0.05, 0) is 42.8 Å². The van der Waals surface area contributed by atoms with E-state index in [0.717, 1.165) is 0 Å². The van der Waals surface area contributed by atoms with Crippen LogP contribution in [0.5, 0.6) is 17.2 Å². The van der Waals surface area contributed by atoms with Crippen molar-refractivity contribution >= 4 is 12.1 Å². The Kier molecular flexibility index (Phi) is 4.98. The summed E-state index contributed by atoms with van der Waals surface area (Å²) in [5.41, 5.74) is 3.11. The lowest BCUT2D eigenvalue weighted by Gasteiger charge is -2.06. The van der Waals surface area contributed by atoms with Gasteiger partial charge >= 0.3 is 0 Å². The maximum atomic E-state index is 11.8. The molecule has 0 bridgehead atoms. The van der Waals surface area contributed by atoms with Crippen LogP contribution in [-0.2, 0) is 0 Å². The molecule has 0 saturated heterocycles. The van der Waals surface area contributed by atoms with E-state index in [1.807, 2.05) is 6.92 Å². The molecule has 114 valence electrons. The quantitative estimate of drug-likeness (QED) is 0.583. The van der Waals surface area contributed by atoms with Crippen LogP contribution in [0, 0.1) is 0 Å². The van der Waals surface area contributed by atoms with E-state index in [0.29, 0.717) is 17.9 Å². The van der Waals surface area contributed by atoms with Gasteiger partial charge in [-0.3, -0.25) is 4.79 Å². The zero-order valence-electron chi connectivity index (χ0n) is 12.0. The van der Waals surface area contributed by atoms with Gasteiger partial charge in [0.1, 0.15) is 5.75 Å². The number of hydrazone groups is 1. The molecule has 1 amide bonds. The number of nitrogens with one attached hydrogen (secondary N) is 1. The number of para-hydroxylation sites is 1. The van der Waals surface area contributed by atoms with E-state index < -0.39 is 5.91 Å². The number of carbonyl (C=O) groups is 1. The van der Waals surface area contributed by atoms with Gasteiger partial charge in [0.05, 0.1) is 18.4 Å². The number of phenols is 2. The molecule has 6 nitrogen and oxygen atoms in total. The molecule has 0 fully saturated rings. The van der Waals surface area contributed by atoms with Gasteiger partial charge in [-0.25, -0.2) is 5.43 Å². The Morgan fingerprint density at radius 1 is 1.23 bits per heavy atom. The number of hydrogen-bond acceptors (Lipinski definition) is 5. The van der Waals surface area contributed by atoms with E-state index in [-0.39, 0.29) is 17.1 Å². The molecule has 3 N–H and O–H groups in total. The van der Waals surface area contributed by atoms with Crippen molar-refractivity contribution in [2.75, 3.05) is 6.61 Å². The van der Waals surface area contributed by atoms with Crippen molar-refractivity contribution < 1.29 is 19.7 Å². The van der Waals surface area contributed by atoms with Gasteiger partial charge in [0, 0.05) is 0 Å². The van der Waals surface area contributed by atoms with Gasteiger partial charge in [0.25, 0.3) is 5.91 Å². The lowest BCUT2D eigenvalue weighted by Crippen LogP contribution is -2.17. The molecule has 2 rings (SSSR count). The number of aromatic hydroxyl groups is 2. The van der Waals surface area contributed by atoms with Crippen LogP contribution < -0.4 is 10.2 Å². The predicted molar refractivity (Wildman–Crippen MR) is 82.4 cm³/mol. The summed E-state index contributed by atoms with van der Waals surface area (Å²) in [6.07, 6.45) is 1.42. The number of benzene rings is 2. The highest BCUT2D eigenvalue weighted by Crippen LogP contribution is 2.26. The van der Waals surface area contributed by atoms with Crippen molar-refractivity contribution in [3.63, 3.8) is 0 Å². The highest BCUT2D eigenvalue weighted by Gasteiger charge is 2.08. The summed E-state index contributed by atoms with van der Waals surface area (Å²) in [6.45, 7) is 2.24. The molecular weight excluding hydrogens is 284 g/mol. The molecule has 22 heavy (non-hydrogen) atoms. The minimum Gasteiger partial charge on any atom is -0.507 e. The van der Waals surface area contributed by atoms with Crippen LogP contribution in [0.2, 0.25) is 0 Å². The van der Waals surface area contributed by atoms with Crippen LogP contribution >= 0.6 is 0 Å². The summed E-state index contributed by atoms with van der Waals surface area (Å²) in [5, 5.41) is 23.0. The van der Waals surface area contributed by atoms with Gasteiger partial charge in [0.2, 0.25) is 0 Å². The van der Waals surface area contributed by atoms with E-state index in [1.165, 1.54) is 24.4 Å². The fourth-order valence-electron chi connectivity index (χ4n) is 1.77. The summed E-state index contributed by atoms with van der Waals surface area (Å²) >= 11 is 0. The second kappa shape index (κ2) is 7.12. The van der Waals surface area contributed by atoms with Gasteiger partial charge < -0.3 is 14.9 Å². The second-order valence-corrected chi connectivity index (χ2v) is 4.38. The van der Waals surface area contributed by atoms with E-state index in [9.17, 15) is 15.0 Å². The van der Waals surface area contributed by atoms with Crippen molar-refractivity contribution in [1.82, 2.24) is 5.43 Å². The standard InChI is InChI=1S/C16H16N2O4/c1-2-22-15-9-11(7-8-14(15)20)10-17-18-16(21)12-5-3-4-6-13(12)19/h3-10,19-20H,2H2,1H3,(H,18,21). The average molecular weight is 300 g/mol. The zero-order chi connectivity index (χ0) is 15.9. The minimum absolute atomic E-state index is 0.0391. The molecule has 0 heterocycles. The first-order valence-corrected chi connectivity index (χ1v) is 6.69. The molecule has 2 aromatic rings. The molecule has 6 heteroatoms. The van der Waals surface area contributed by atoms with Crippen LogP contribution in [-0.4, -0.2) is 28.9 Å². The molecule has 0 atom stereocenters. The normalized spacial score (nSPS) is 10.6. The first-order valence-electron chi connectivity index (χ1n) is 6.69. The summed E-state index contributed by atoms with van der Waals surface area (Å²) in [5.74, 6) is -0.243. The van der Waals surface area contributed by atoms with Crippen LogP contribution in [0.15, 0.2) is 47.6 Å². The molecule has 0 unspecified atom stereocenters. The van der Waals surface area contributed by atoms with Crippen molar-refractivity contribution in [3.05, 3.63) is 53.6 Å². The van der Waals surface area contributed by atoms with Crippen LogP contribution in [0.4, 0.5) is 0 Å². The zero-order valence-corrected chi connectivity index (χ0v) is 12.0. The van der Waals surface area contributed by atoms with Gasteiger partial charge in [-0.15, -0.1) is 0 Å². The first-order chi connectivity index (χ1) is 10.6. The molecule has 0 spiro atoms. The van der Waals surface area contributed by atoms with Crippen molar-refractivity contribution in [3.8, 4) is 17.2 Å². The molecular formula is C16H16N2O4. The topological polar surface area (TPSA) is 91.2 Å². The molecule has 2 aromatic carbocycles. The van der Waals surface area contributed by atoms with Crippen LogP contribution in [0.3, 0.4) is 0 Å². The summed E-state index contributed by atoms with van der Waals surface area (Å²) in [6, 6.07) is 10.9. The fourth-order valence-corrected chi connectivity index (χ4v) is 1.77. The van der Waals surface area contributed by atoms with Crippen molar-refractivity contribution in [1.29, 1.82) is 0 Å². The van der Waals surface area contributed by atoms with Crippen LogP contribution in [0.1, 0.15) is 22.8 Å². The molecule has 0 aromatic heterocycles. The third-order valence-corrected chi connectivity index (χ3v) is 2.81. The number of ether oxygens (including phenoxy) is 1. The highest BCUT2D eigenvalue weighted by molar-refractivity contribution is 5.97. The lowest BCUT2D eigenvalue weighted by molar-refractivity contribution is 0.0952. The number of amides is 1. The number of hydrogen-bond donors (Lipinski definition) is 3. The Hall–Kier alpha value is -3.02. The number of nitrogens with zero attached hydrogens (tertiary/aromatic N) is 1. The second-order valence-electron chi connectivity index (χ2n) is 4.38. The SMILES string of the molecule is CCOc1cc(C=NNC(=O)c2ccccc2O)ccc1O. The predicted octanol–water partition coefficient (Wildman–Crippen LogP) is 2.26. The Labute approximate surface area is 127 Å². The van der Waals surface area contributed by atoms with Crippen LogP contribution in [0.25, 0.3) is 0 Å². The first kappa shape index (κ1) is 15.4. The molecule has 0 radical (unpaired) electrons. The van der Waals surface area contributed by atoms with Gasteiger partial charge in [-0.2, -0.15) is 5.10 Å². The molecule has 0 saturated carbocycles. The third kappa shape index (κ3) is 3.76. The molecule has 0 aliphatic heterocycles. The maximum Gasteiger partial charge on any atom is 0.275 e. The molecule has 0 aliphatic rings. The highest BCUT2D eigenvalue weighted by atomic mass is 16.5. The van der Waals surface area contributed by atoms with Crippen molar-refractivity contribution in [2.45, 2.75) is 6.92 Å². The minimum atomic E-state index is -0.516. The van der Waals surface area contributed by atoms with E-state index in [2.05, 4.69) is 10.5 Å². The van der Waals surface area contributed by atoms with Crippen molar-refractivity contribution in [2.24, 2.45) is 5.10 Å². The average Bonchev–Trinajstić information content (AvgIpc) is 2.51. The Morgan fingerprint density at radius 3 is 2.73 bits per heavy atom.